The van der Waals surface area contributed by atoms with Crippen molar-refractivity contribution in [1.29, 1.82) is 5.26 Å². The number of aromatic nitrogens is 2. The molecular formula is C16H11N3O2. The van der Waals surface area contributed by atoms with Crippen LogP contribution in [0.5, 0.6) is 0 Å². The van der Waals surface area contributed by atoms with E-state index in [2.05, 4.69) is 11.1 Å². The van der Waals surface area contributed by atoms with Crippen LogP contribution in [0.15, 0.2) is 48.8 Å². The minimum Gasteiger partial charge on any atom is -0.480 e. The number of carboxylic acids is 1. The summed E-state index contributed by atoms with van der Waals surface area (Å²) in [5.41, 5.74) is 3.80. The fourth-order valence-corrected chi connectivity index (χ4v) is 2.34. The first-order valence-electron chi connectivity index (χ1n) is 6.35. The molecule has 3 rings (SSSR count). The van der Waals surface area contributed by atoms with Crippen LogP contribution in [0.1, 0.15) is 5.56 Å². The SMILES string of the molecule is N#Cc1ccccc1-c1ccc2c(c1)ncn2CC(=O)O. The van der Waals surface area contributed by atoms with Gasteiger partial charge in [-0.05, 0) is 29.3 Å². The summed E-state index contributed by atoms with van der Waals surface area (Å²) in [5, 5.41) is 18.0. The van der Waals surface area contributed by atoms with Gasteiger partial charge in [0.2, 0.25) is 0 Å². The van der Waals surface area contributed by atoms with Crippen molar-refractivity contribution in [3.05, 3.63) is 54.4 Å². The number of nitrogens with zero attached hydrogens (tertiary/aromatic N) is 3. The van der Waals surface area contributed by atoms with Crippen LogP contribution in [0.2, 0.25) is 0 Å². The predicted octanol–water partition coefficient (Wildman–Crippen LogP) is 2.66. The molecule has 1 heterocycles. The molecule has 0 saturated carbocycles. The summed E-state index contributed by atoms with van der Waals surface area (Å²) < 4.78 is 1.58. The first-order chi connectivity index (χ1) is 10.2. The Morgan fingerprint density at radius 1 is 1.29 bits per heavy atom. The van der Waals surface area contributed by atoms with Crippen LogP contribution in [-0.4, -0.2) is 20.6 Å². The number of carboxylic acid groups (broad SMARTS) is 1. The molecule has 0 unspecified atom stereocenters. The Morgan fingerprint density at radius 3 is 2.86 bits per heavy atom. The third kappa shape index (κ3) is 2.35. The summed E-state index contributed by atoms with van der Waals surface area (Å²) in [7, 11) is 0. The van der Waals surface area contributed by atoms with E-state index in [1.165, 1.54) is 6.33 Å². The first kappa shape index (κ1) is 12.9. The molecule has 0 aliphatic rings. The van der Waals surface area contributed by atoms with Gasteiger partial charge in [0.15, 0.2) is 0 Å². The lowest BCUT2D eigenvalue weighted by Crippen LogP contribution is -2.07. The number of aliphatic carboxylic acids is 1. The first-order valence-corrected chi connectivity index (χ1v) is 6.35. The van der Waals surface area contributed by atoms with Gasteiger partial charge < -0.3 is 9.67 Å². The Hall–Kier alpha value is -3.13. The van der Waals surface area contributed by atoms with Crippen molar-refractivity contribution in [2.24, 2.45) is 0 Å². The molecule has 0 aliphatic carbocycles. The lowest BCUT2D eigenvalue weighted by atomic mass is 10.00. The van der Waals surface area contributed by atoms with E-state index in [1.807, 2.05) is 36.4 Å². The lowest BCUT2D eigenvalue weighted by molar-refractivity contribution is -0.137. The maximum Gasteiger partial charge on any atom is 0.323 e. The number of carbonyl (C=O) groups is 1. The van der Waals surface area contributed by atoms with Gasteiger partial charge in [-0.25, -0.2) is 4.98 Å². The molecule has 1 N–H and O–H groups in total. The molecule has 0 aliphatic heterocycles. The van der Waals surface area contributed by atoms with Crippen LogP contribution >= 0.6 is 0 Å². The standard InChI is InChI=1S/C16H11N3O2/c17-8-12-3-1-2-4-13(12)11-5-6-15-14(7-11)18-10-19(15)9-16(20)21/h1-7,10H,9H2,(H,20,21). The van der Waals surface area contributed by atoms with E-state index in [1.54, 1.807) is 10.6 Å². The third-order valence-electron chi connectivity index (χ3n) is 3.29. The minimum atomic E-state index is -0.909. The molecule has 5 heteroatoms. The Bertz CT molecular complexity index is 875. The molecule has 0 fully saturated rings. The van der Waals surface area contributed by atoms with Gasteiger partial charge in [0.05, 0.1) is 29.0 Å². The van der Waals surface area contributed by atoms with Crippen LogP contribution in [0.25, 0.3) is 22.2 Å². The van der Waals surface area contributed by atoms with E-state index < -0.39 is 5.97 Å². The minimum absolute atomic E-state index is 0.120. The van der Waals surface area contributed by atoms with E-state index >= 15 is 0 Å². The number of benzene rings is 2. The summed E-state index contributed by atoms with van der Waals surface area (Å²) in [6.45, 7) is -0.120. The van der Waals surface area contributed by atoms with Gasteiger partial charge in [-0.15, -0.1) is 0 Å². The smallest absolute Gasteiger partial charge is 0.323 e. The molecule has 0 spiro atoms. The fraction of sp³-hybridized carbons (Fsp3) is 0.0625. The highest BCUT2D eigenvalue weighted by atomic mass is 16.4. The van der Waals surface area contributed by atoms with Gasteiger partial charge >= 0.3 is 5.97 Å². The average molecular weight is 277 g/mol. The summed E-state index contributed by atoms with van der Waals surface area (Å²) in [5.74, 6) is -0.909. The average Bonchev–Trinajstić information content (AvgIpc) is 2.89. The Balaban J connectivity index is 2.10. The molecule has 5 nitrogen and oxygen atoms in total. The molecule has 0 amide bonds. The molecule has 1 aromatic heterocycles. The van der Waals surface area contributed by atoms with Crippen molar-refractivity contribution in [3.8, 4) is 17.2 Å². The van der Waals surface area contributed by atoms with E-state index in [0.29, 0.717) is 11.1 Å². The van der Waals surface area contributed by atoms with Gasteiger partial charge in [0.1, 0.15) is 6.54 Å². The van der Waals surface area contributed by atoms with E-state index in [-0.39, 0.29) is 6.54 Å². The van der Waals surface area contributed by atoms with Crippen molar-refractivity contribution >= 4 is 17.0 Å². The van der Waals surface area contributed by atoms with Crippen LogP contribution < -0.4 is 0 Å². The van der Waals surface area contributed by atoms with Crippen molar-refractivity contribution in [1.82, 2.24) is 9.55 Å². The van der Waals surface area contributed by atoms with Crippen molar-refractivity contribution in [2.45, 2.75) is 6.54 Å². The molecule has 3 aromatic rings. The zero-order valence-corrected chi connectivity index (χ0v) is 11.0. The van der Waals surface area contributed by atoms with Gasteiger partial charge in [0, 0.05) is 0 Å². The number of hydrogen-bond acceptors (Lipinski definition) is 3. The number of imidazole rings is 1. The highest BCUT2D eigenvalue weighted by molar-refractivity contribution is 5.84. The Morgan fingerprint density at radius 2 is 2.10 bits per heavy atom. The summed E-state index contributed by atoms with van der Waals surface area (Å²) in [6.07, 6.45) is 1.51. The van der Waals surface area contributed by atoms with Crippen LogP contribution in [0.3, 0.4) is 0 Å². The predicted molar refractivity (Wildman–Crippen MR) is 77.5 cm³/mol. The summed E-state index contributed by atoms with van der Waals surface area (Å²) in [6, 6.07) is 15.1. The molecule has 102 valence electrons. The van der Waals surface area contributed by atoms with Crippen LogP contribution in [0, 0.1) is 11.3 Å². The monoisotopic (exact) mass is 277 g/mol. The molecule has 21 heavy (non-hydrogen) atoms. The normalized spacial score (nSPS) is 10.4. The highest BCUT2D eigenvalue weighted by Gasteiger charge is 2.09. The molecule has 2 aromatic carbocycles. The molecule has 0 saturated heterocycles. The molecule has 0 radical (unpaired) electrons. The molecule has 0 atom stereocenters. The van der Waals surface area contributed by atoms with E-state index in [9.17, 15) is 4.79 Å². The Kier molecular flexibility index (Phi) is 3.13. The number of hydrogen-bond donors (Lipinski definition) is 1. The van der Waals surface area contributed by atoms with Crippen molar-refractivity contribution in [2.75, 3.05) is 0 Å². The van der Waals surface area contributed by atoms with Gasteiger partial charge in [-0.2, -0.15) is 5.26 Å². The maximum absolute atomic E-state index is 10.8. The topological polar surface area (TPSA) is 78.9 Å². The number of nitriles is 1. The largest absolute Gasteiger partial charge is 0.480 e. The van der Waals surface area contributed by atoms with E-state index in [4.69, 9.17) is 10.4 Å². The zero-order valence-electron chi connectivity index (χ0n) is 11.0. The highest BCUT2D eigenvalue weighted by Crippen LogP contribution is 2.26. The van der Waals surface area contributed by atoms with Gasteiger partial charge in [-0.3, -0.25) is 4.79 Å². The van der Waals surface area contributed by atoms with Crippen LogP contribution in [0.4, 0.5) is 0 Å². The lowest BCUT2D eigenvalue weighted by Gasteiger charge is -2.05. The molecular weight excluding hydrogens is 266 g/mol. The fourth-order valence-electron chi connectivity index (χ4n) is 2.34. The molecule has 0 bridgehead atoms. The third-order valence-corrected chi connectivity index (χ3v) is 3.29. The Labute approximate surface area is 120 Å². The zero-order chi connectivity index (χ0) is 14.8. The second kappa shape index (κ2) is 5.10. The summed E-state index contributed by atoms with van der Waals surface area (Å²) in [4.78, 5) is 15.0. The van der Waals surface area contributed by atoms with Crippen LogP contribution in [-0.2, 0) is 11.3 Å². The number of fused-ring (bicyclic) bond motifs is 1. The second-order valence-electron chi connectivity index (χ2n) is 4.63. The second-order valence-corrected chi connectivity index (χ2v) is 4.63. The van der Waals surface area contributed by atoms with Crippen molar-refractivity contribution in [3.63, 3.8) is 0 Å². The van der Waals surface area contributed by atoms with Gasteiger partial charge in [-0.1, -0.05) is 24.3 Å². The quantitative estimate of drug-likeness (QED) is 0.798. The van der Waals surface area contributed by atoms with Gasteiger partial charge in [0.25, 0.3) is 0 Å². The summed E-state index contributed by atoms with van der Waals surface area (Å²) >= 11 is 0. The number of rotatable bonds is 3. The maximum atomic E-state index is 10.8. The van der Waals surface area contributed by atoms with E-state index in [0.717, 1.165) is 16.6 Å². The van der Waals surface area contributed by atoms with Crippen molar-refractivity contribution < 1.29 is 9.90 Å².